The predicted molar refractivity (Wildman–Crippen MR) is 89.1 cm³/mol. The van der Waals surface area contributed by atoms with Gasteiger partial charge in [-0.15, -0.1) is 0 Å². The van der Waals surface area contributed by atoms with Crippen LogP contribution in [0, 0.1) is 0 Å². The van der Waals surface area contributed by atoms with E-state index in [4.69, 9.17) is 21.1 Å². The second kappa shape index (κ2) is 7.23. The van der Waals surface area contributed by atoms with Gasteiger partial charge in [-0.3, -0.25) is 9.59 Å². The monoisotopic (exact) mass is 346 g/mol. The molecule has 0 radical (unpaired) electrons. The maximum atomic E-state index is 11.9. The summed E-state index contributed by atoms with van der Waals surface area (Å²) in [6.45, 7) is 0.509. The zero-order chi connectivity index (χ0) is 16.9. The van der Waals surface area contributed by atoms with E-state index in [1.165, 1.54) is 0 Å². The SMILES string of the molecule is O=C(CC(=O)Nc1cccc(Cl)c1)NCc1ccc2c(c1)OCO2. The largest absolute Gasteiger partial charge is 0.454 e. The summed E-state index contributed by atoms with van der Waals surface area (Å²) >= 11 is 5.84. The van der Waals surface area contributed by atoms with E-state index in [1.807, 2.05) is 6.07 Å². The van der Waals surface area contributed by atoms with Crippen LogP contribution in [0.15, 0.2) is 42.5 Å². The molecule has 0 aromatic heterocycles. The molecule has 0 spiro atoms. The summed E-state index contributed by atoms with van der Waals surface area (Å²) in [4.78, 5) is 23.7. The number of benzene rings is 2. The van der Waals surface area contributed by atoms with Crippen LogP contribution in [0.3, 0.4) is 0 Å². The molecule has 0 saturated heterocycles. The lowest BCUT2D eigenvalue weighted by Crippen LogP contribution is -2.27. The second-order valence-corrected chi connectivity index (χ2v) is 5.64. The van der Waals surface area contributed by atoms with Gasteiger partial charge in [0.2, 0.25) is 18.6 Å². The predicted octanol–water partition coefficient (Wildman–Crippen LogP) is 2.71. The highest BCUT2D eigenvalue weighted by molar-refractivity contribution is 6.30. The maximum absolute atomic E-state index is 11.9. The van der Waals surface area contributed by atoms with E-state index in [0.29, 0.717) is 28.8 Å². The average molecular weight is 347 g/mol. The Kier molecular flexibility index (Phi) is 4.86. The van der Waals surface area contributed by atoms with Crippen molar-refractivity contribution in [1.82, 2.24) is 5.32 Å². The van der Waals surface area contributed by atoms with E-state index in [9.17, 15) is 9.59 Å². The summed E-state index contributed by atoms with van der Waals surface area (Å²) in [5.74, 6) is 0.569. The Balaban J connectivity index is 1.48. The Bertz CT molecular complexity index is 779. The lowest BCUT2D eigenvalue weighted by molar-refractivity contribution is -0.126. The van der Waals surface area contributed by atoms with E-state index in [2.05, 4.69) is 10.6 Å². The van der Waals surface area contributed by atoms with Crippen molar-refractivity contribution in [3.05, 3.63) is 53.1 Å². The lowest BCUT2D eigenvalue weighted by atomic mass is 10.2. The van der Waals surface area contributed by atoms with Gasteiger partial charge < -0.3 is 20.1 Å². The van der Waals surface area contributed by atoms with E-state index in [-0.39, 0.29) is 19.1 Å². The van der Waals surface area contributed by atoms with Crippen LogP contribution in [0.2, 0.25) is 5.02 Å². The molecule has 0 saturated carbocycles. The van der Waals surface area contributed by atoms with Crippen molar-refractivity contribution in [1.29, 1.82) is 0 Å². The third kappa shape index (κ3) is 4.17. The highest BCUT2D eigenvalue weighted by atomic mass is 35.5. The summed E-state index contributed by atoms with van der Waals surface area (Å²) in [6, 6.07) is 12.2. The van der Waals surface area contributed by atoms with Crippen LogP contribution in [0.5, 0.6) is 11.5 Å². The minimum atomic E-state index is -0.402. The van der Waals surface area contributed by atoms with Gasteiger partial charge in [-0.2, -0.15) is 0 Å². The smallest absolute Gasteiger partial charge is 0.233 e. The lowest BCUT2D eigenvalue weighted by Gasteiger charge is -2.07. The molecule has 2 amide bonds. The summed E-state index contributed by atoms with van der Waals surface area (Å²) in [5.41, 5.74) is 1.42. The highest BCUT2D eigenvalue weighted by Gasteiger charge is 2.14. The number of carbonyl (C=O) groups is 2. The zero-order valence-electron chi connectivity index (χ0n) is 12.7. The van der Waals surface area contributed by atoms with E-state index in [1.54, 1.807) is 36.4 Å². The molecule has 24 heavy (non-hydrogen) atoms. The fourth-order valence-corrected chi connectivity index (χ4v) is 2.42. The van der Waals surface area contributed by atoms with Gasteiger partial charge in [-0.05, 0) is 35.9 Å². The van der Waals surface area contributed by atoms with Crippen molar-refractivity contribution in [3.63, 3.8) is 0 Å². The van der Waals surface area contributed by atoms with E-state index < -0.39 is 5.91 Å². The van der Waals surface area contributed by atoms with Crippen molar-refractivity contribution in [2.24, 2.45) is 0 Å². The molecule has 2 aromatic rings. The first kappa shape index (κ1) is 16.1. The minimum Gasteiger partial charge on any atom is -0.454 e. The van der Waals surface area contributed by atoms with Gasteiger partial charge in [-0.1, -0.05) is 23.7 Å². The molecule has 0 aliphatic carbocycles. The fourth-order valence-electron chi connectivity index (χ4n) is 2.23. The van der Waals surface area contributed by atoms with Crippen LogP contribution in [0.1, 0.15) is 12.0 Å². The van der Waals surface area contributed by atoms with Gasteiger partial charge in [0, 0.05) is 17.3 Å². The number of ether oxygens (including phenoxy) is 2. The van der Waals surface area contributed by atoms with Crippen molar-refractivity contribution >= 4 is 29.1 Å². The molecular weight excluding hydrogens is 332 g/mol. The Labute approximate surface area is 143 Å². The molecule has 0 atom stereocenters. The third-order valence-corrected chi connectivity index (χ3v) is 3.59. The molecule has 0 unspecified atom stereocenters. The van der Waals surface area contributed by atoms with Crippen LogP contribution in [-0.4, -0.2) is 18.6 Å². The van der Waals surface area contributed by atoms with Gasteiger partial charge in [-0.25, -0.2) is 0 Å². The minimum absolute atomic E-state index is 0.203. The van der Waals surface area contributed by atoms with Gasteiger partial charge in [0.15, 0.2) is 11.5 Å². The summed E-state index contributed by atoms with van der Waals surface area (Å²) in [6.07, 6.45) is -0.267. The van der Waals surface area contributed by atoms with Crippen molar-refractivity contribution in [3.8, 4) is 11.5 Å². The quantitative estimate of drug-likeness (QED) is 0.816. The molecule has 1 aliphatic heterocycles. The first-order chi connectivity index (χ1) is 11.6. The Morgan fingerprint density at radius 3 is 2.71 bits per heavy atom. The molecule has 3 rings (SSSR count). The number of hydrogen-bond donors (Lipinski definition) is 2. The van der Waals surface area contributed by atoms with Crippen molar-refractivity contribution in [2.75, 3.05) is 12.1 Å². The number of halogens is 1. The first-order valence-corrected chi connectivity index (χ1v) is 7.68. The second-order valence-electron chi connectivity index (χ2n) is 5.20. The molecule has 7 heteroatoms. The van der Waals surface area contributed by atoms with Gasteiger partial charge in [0.1, 0.15) is 6.42 Å². The number of hydrogen-bond acceptors (Lipinski definition) is 4. The number of rotatable bonds is 5. The van der Waals surface area contributed by atoms with Crippen LogP contribution in [0.4, 0.5) is 5.69 Å². The molecular formula is C17H15ClN2O4. The summed E-state index contributed by atoms with van der Waals surface area (Å²) < 4.78 is 10.5. The van der Waals surface area contributed by atoms with Crippen molar-refractivity contribution < 1.29 is 19.1 Å². The fraction of sp³-hybridized carbons (Fsp3) is 0.176. The third-order valence-electron chi connectivity index (χ3n) is 3.36. The van der Waals surface area contributed by atoms with Crippen LogP contribution < -0.4 is 20.1 Å². The van der Waals surface area contributed by atoms with E-state index in [0.717, 1.165) is 5.56 Å². The number of fused-ring (bicyclic) bond motifs is 1. The number of carbonyl (C=O) groups excluding carboxylic acids is 2. The Morgan fingerprint density at radius 1 is 1.04 bits per heavy atom. The van der Waals surface area contributed by atoms with E-state index >= 15 is 0 Å². The summed E-state index contributed by atoms with van der Waals surface area (Å²) in [7, 11) is 0. The maximum Gasteiger partial charge on any atom is 0.233 e. The molecule has 0 bridgehead atoms. The molecule has 6 nitrogen and oxygen atoms in total. The number of nitrogens with one attached hydrogen (secondary N) is 2. The van der Waals surface area contributed by atoms with Gasteiger partial charge >= 0.3 is 0 Å². The standard InChI is InChI=1S/C17H15ClN2O4/c18-12-2-1-3-13(7-12)20-17(22)8-16(21)19-9-11-4-5-14-15(6-11)24-10-23-14/h1-7H,8-10H2,(H,19,21)(H,20,22). The number of amides is 2. The average Bonchev–Trinajstić information content (AvgIpc) is 3.00. The Hall–Kier alpha value is -2.73. The normalized spacial score (nSPS) is 11.9. The van der Waals surface area contributed by atoms with Gasteiger partial charge in [0.25, 0.3) is 0 Å². The molecule has 2 aromatic carbocycles. The van der Waals surface area contributed by atoms with Gasteiger partial charge in [0.05, 0.1) is 0 Å². The first-order valence-electron chi connectivity index (χ1n) is 7.31. The summed E-state index contributed by atoms with van der Waals surface area (Å²) in [5, 5.41) is 5.84. The number of anilines is 1. The molecule has 2 N–H and O–H groups in total. The topological polar surface area (TPSA) is 76.7 Å². The van der Waals surface area contributed by atoms with Crippen LogP contribution in [0.25, 0.3) is 0 Å². The molecule has 1 heterocycles. The molecule has 0 fully saturated rings. The molecule has 1 aliphatic rings. The zero-order valence-corrected chi connectivity index (χ0v) is 13.4. The Morgan fingerprint density at radius 2 is 1.88 bits per heavy atom. The van der Waals surface area contributed by atoms with Crippen molar-refractivity contribution in [2.45, 2.75) is 13.0 Å². The van der Waals surface area contributed by atoms with Crippen LogP contribution >= 0.6 is 11.6 Å². The van der Waals surface area contributed by atoms with Crippen LogP contribution in [-0.2, 0) is 16.1 Å². The molecule has 124 valence electrons. The highest BCUT2D eigenvalue weighted by Crippen LogP contribution is 2.32.